The van der Waals surface area contributed by atoms with E-state index in [2.05, 4.69) is 11.2 Å². The third kappa shape index (κ3) is 5.63. The number of carbonyl (C=O) groups excluding carboxylic acids is 1. The average Bonchev–Trinajstić information content (AvgIpc) is 2.18. The molecule has 1 N–H and O–H groups in total. The largest absolute Gasteiger partial charge is 0.444 e. The van der Waals surface area contributed by atoms with E-state index >= 15 is 0 Å². The van der Waals surface area contributed by atoms with Crippen LogP contribution in [0.1, 0.15) is 52.9 Å². The molecule has 0 aliphatic heterocycles. The van der Waals surface area contributed by atoms with Gasteiger partial charge in [0.25, 0.3) is 0 Å². The second-order valence-electron chi connectivity index (χ2n) is 5.77. The van der Waals surface area contributed by atoms with Gasteiger partial charge in [-0.15, -0.1) is 12.3 Å². The molecule has 0 saturated heterocycles. The highest BCUT2D eigenvalue weighted by molar-refractivity contribution is 5.68. The first-order valence-electron chi connectivity index (χ1n) is 6.33. The maximum atomic E-state index is 11.6. The van der Waals surface area contributed by atoms with Crippen LogP contribution in [0.3, 0.4) is 0 Å². The standard InChI is InChI=1S/C14H23NO2/c1-5-6-11-7-9-12(10-8-11)15-13(16)17-14(2,3)4/h1,11-12H,6-10H2,2-4H3,(H,15,16). The van der Waals surface area contributed by atoms with E-state index in [1.807, 2.05) is 20.8 Å². The summed E-state index contributed by atoms with van der Waals surface area (Å²) in [4.78, 5) is 11.6. The summed E-state index contributed by atoms with van der Waals surface area (Å²) < 4.78 is 5.23. The minimum Gasteiger partial charge on any atom is -0.444 e. The number of hydrogen-bond donors (Lipinski definition) is 1. The molecule has 0 bridgehead atoms. The minimum atomic E-state index is -0.426. The van der Waals surface area contributed by atoms with Crippen molar-refractivity contribution >= 4 is 6.09 Å². The molecule has 3 heteroatoms. The van der Waals surface area contributed by atoms with E-state index in [1.54, 1.807) is 0 Å². The van der Waals surface area contributed by atoms with Crippen LogP contribution >= 0.6 is 0 Å². The predicted molar refractivity (Wildman–Crippen MR) is 68.6 cm³/mol. The van der Waals surface area contributed by atoms with Crippen molar-refractivity contribution in [2.75, 3.05) is 0 Å². The lowest BCUT2D eigenvalue weighted by atomic mass is 9.84. The SMILES string of the molecule is C#CCC1CCC(NC(=O)OC(C)(C)C)CC1. The summed E-state index contributed by atoms with van der Waals surface area (Å²) in [6, 6.07) is 0.249. The molecule has 0 aromatic carbocycles. The highest BCUT2D eigenvalue weighted by atomic mass is 16.6. The number of terminal acetylenes is 1. The molecule has 96 valence electrons. The zero-order valence-electron chi connectivity index (χ0n) is 11.1. The summed E-state index contributed by atoms with van der Waals surface area (Å²) in [5, 5.41) is 2.93. The van der Waals surface area contributed by atoms with Gasteiger partial charge in [-0.2, -0.15) is 0 Å². The number of alkyl carbamates (subject to hydrolysis) is 1. The average molecular weight is 237 g/mol. The van der Waals surface area contributed by atoms with Gasteiger partial charge in [0.05, 0.1) is 0 Å². The Kier molecular flexibility index (Phi) is 4.86. The van der Waals surface area contributed by atoms with Crippen LogP contribution in [0.2, 0.25) is 0 Å². The molecule has 1 amide bonds. The molecule has 1 aliphatic rings. The van der Waals surface area contributed by atoms with Crippen LogP contribution in [0.4, 0.5) is 4.79 Å². The van der Waals surface area contributed by atoms with E-state index in [4.69, 9.17) is 11.2 Å². The Labute approximate surface area is 104 Å². The van der Waals surface area contributed by atoms with Gasteiger partial charge in [0.15, 0.2) is 0 Å². The van der Waals surface area contributed by atoms with Crippen LogP contribution in [-0.4, -0.2) is 17.7 Å². The fourth-order valence-electron chi connectivity index (χ4n) is 2.15. The molecule has 17 heavy (non-hydrogen) atoms. The second kappa shape index (κ2) is 5.95. The van der Waals surface area contributed by atoms with Gasteiger partial charge in [-0.05, 0) is 52.4 Å². The van der Waals surface area contributed by atoms with Crippen LogP contribution in [0.5, 0.6) is 0 Å². The molecule has 1 aliphatic carbocycles. The fourth-order valence-corrected chi connectivity index (χ4v) is 2.15. The summed E-state index contributed by atoms with van der Waals surface area (Å²) >= 11 is 0. The molecule has 0 heterocycles. The van der Waals surface area contributed by atoms with E-state index in [1.165, 1.54) is 0 Å². The first-order valence-corrected chi connectivity index (χ1v) is 6.33. The van der Waals surface area contributed by atoms with E-state index in [-0.39, 0.29) is 12.1 Å². The Bertz CT molecular complexity index is 290. The maximum absolute atomic E-state index is 11.6. The molecule has 0 unspecified atom stereocenters. The Balaban J connectivity index is 2.27. The number of rotatable bonds is 2. The molecule has 0 atom stereocenters. The van der Waals surface area contributed by atoms with Crippen LogP contribution in [0.15, 0.2) is 0 Å². The third-order valence-electron chi connectivity index (χ3n) is 2.97. The van der Waals surface area contributed by atoms with E-state index in [9.17, 15) is 4.79 Å². The smallest absolute Gasteiger partial charge is 0.407 e. The van der Waals surface area contributed by atoms with Crippen molar-refractivity contribution in [3.63, 3.8) is 0 Å². The van der Waals surface area contributed by atoms with Crippen molar-refractivity contribution in [3.8, 4) is 12.3 Å². The highest BCUT2D eigenvalue weighted by Crippen LogP contribution is 2.26. The molecule has 0 radical (unpaired) electrons. The lowest BCUT2D eigenvalue weighted by Gasteiger charge is -2.29. The lowest BCUT2D eigenvalue weighted by molar-refractivity contribution is 0.0487. The van der Waals surface area contributed by atoms with Crippen molar-refractivity contribution in [2.45, 2.75) is 64.5 Å². The first kappa shape index (κ1) is 13.9. The summed E-state index contributed by atoms with van der Waals surface area (Å²) in [7, 11) is 0. The summed E-state index contributed by atoms with van der Waals surface area (Å²) in [6.07, 6.45) is 10.1. The van der Waals surface area contributed by atoms with Gasteiger partial charge in [0.1, 0.15) is 5.60 Å². The summed E-state index contributed by atoms with van der Waals surface area (Å²) in [5.41, 5.74) is -0.426. The molecule has 1 saturated carbocycles. The van der Waals surface area contributed by atoms with Crippen LogP contribution in [0, 0.1) is 18.3 Å². The molecule has 0 aromatic heterocycles. The van der Waals surface area contributed by atoms with Gasteiger partial charge in [-0.3, -0.25) is 0 Å². The van der Waals surface area contributed by atoms with Gasteiger partial charge >= 0.3 is 6.09 Å². The Morgan fingerprint density at radius 2 is 1.94 bits per heavy atom. The minimum absolute atomic E-state index is 0.249. The topological polar surface area (TPSA) is 38.3 Å². The zero-order valence-corrected chi connectivity index (χ0v) is 11.1. The van der Waals surface area contributed by atoms with Crippen molar-refractivity contribution in [1.29, 1.82) is 0 Å². The van der Waals surface area contributed by atoms with Crippen molar-refractivity contribution in [3.05, 3.63) is 0 Å². The number of hydrogen-bond acceptors (Lipinski definition) is 2. The van der Waals surface area contributed by atoms with Gasteiger partial charge < -0.3 is 10.1 Å². The summed E-state index contributed by atoms with van der Waals surface area (Å²) in [6.45, 7) is 5.61. The molecule has 3 nitrogen and oxygen atoms in total. The molecular weight excluding hydrogens is 214 g/mol. The van der Waals surface area contributed by atoms with E-state index in [0.29, 0.717) is 5.92 Å². The molecule has 0 aromatic rings. The maximum Gasteiger partial charge on any atom is 0.407 e. The van der Waals surface area contributed by atoms with Gasteiger partial charge in [0, 0.05) is 12.5 Å². The van der Waals surface area contributed by atoms with Gasteiger partial charge in [-0.25, -0.2) is 4.79 Å². The molecule has 1 fully saturated rings. The van der Waals surface area contributed by atoms with Crippen LogP contribution < -0.4 is 5.32 Å². The van der Waals surface area contributed by atoms with Gasteiger partial charge in [-0.1, -0.05) is 0 Å². The zero-order chi connectivity index (χ0) is 12.9. The van der Waals surface area contributed by atoms with Crippen molar-refractivity contribution < 1.29 is 9.53 Å². The second-order valence-corrected chi connectivity index (χ2v) is 5.77. The quantitative estimate of drug-likeness (QED) is 0.749. The predicted octanol–water partition coefficient (Wildman–Crippen LogP) is 3.09. The fraction of sp³-hybridized carbons (Fsp3) is 0.786. The van der Waals surface area contributed by atoms with E-state index in [0.717, 1.165) is 32.1 Å². The number of carbonyl (C=O) groups is 1. The number of ether oxygens (including phenoxy) is 1. The Morgan fingerprint density at radius 1 is 1.35 bits per heavy atom. The monoisotopic (exact) mass is 237 g/mol. The van der Waals surface area contributed by atoms with Crippen molar-refractivity contribution in [1.82, 2.24) is 5.32 Å². The van der Waals surface area contributed by atoms with Crippen LogP contribution in [-0.2, 0) is 4.74 Å². The number of amides is 1. The third-order valence-corrected chi connectivity index (χ3v) is 2.97. The highest BCUT2D eigenvalue weighted by Gasteiger charge is 2.24. The van der Waals surface area contributed by atoms with Crippen LogP contribution in [0.25, 0.3) is 0 Å². The normalized spacial score (nSPS) is 24.8. The first-order chi connectivity index (χ1) is 7.90. The lowest BCUT2D eigenvalue weighted by Crippen LogP contribution is -2.40. The number of nitrogens with one attached hydrogen (secondary N) is 1. The summed E-state index contributed by atoms with van der Waals surface area (Å²) in [5.74, 6) is 3.35. The molecular formula is C14H23NO2. The van der Waals surface area contributed by atoms with Crippen molar-refractivity contribution in [2.24, 2.45) is 5.92 Å². The van der Waals surface area contributed by atoms with Gasteiger partial charge in [0.2, 0.25) is 0 Å². The van der Waals surface area contributed by atoms with E-state index < -0.39 is 5.60 Å². The molecule has 0 spiro atoms. The molecule has 1 rings (SSSR count). The Morgan fingerprint density at radius 3 is 2.41 bits per heavy atom. The Hall–Kier alpha value is -1.17.